The van der Waals surface area contributed by atoms with E-state index in [9.17, 15) is 4.79 Å². The molecule has 6 nitrogen and oxygen atoms in total. The Balaban J connectivity index is 1.91. The molecule has 1 aromatic heterocycles. The number of carbonyl (C=O) groups is 1. The smallest absolute Gasteiger partial charge is 0.224 e. The van der Waals surface area contributed by atoms with Gasteiger partial charge < -0.3 is 14.6 Å². The molecule has 2 rings (SSSR count). The zero-order valence-electron chi connectivity index (χ0n) is 11.6. The summed E-state index contributed by atoms with van der Waals surface area (Å²) in [6, 6.07) is 0.153. The molecule has 0 spiro atoms. The number of imidazole rings is 1. The van der Waals surface area contributed by atoms with Gasteiger partial charge in [-0.1, -0.05) is 0 Å². The minimum atomic E-state index is 0.153. The number of amides is 1. The fourth-order valence-electron chi connectivity index (χ4n) is 2.32. The number of carbonyl (C=O) groups excluding carboxylic acids is 1. The lowest BCUT2D eigenvalue weighted by atomic mass is 10.1. The molecule has 2 heterocycles. The lowest BCUT2D eigenvalue weighted by Gasteiger charge is -2.38. The second kappa shape index (κ2) is 6.68. The third kappa shape index (κ3) is 3.54. The number of ether oxygens (including phenoxy) is 1. The van der Waals surface area contributed by atoms with Crippen molar-refractivity contribution in [3.8, 4) is 0 Å². The molecule has 6 heteroatoms. The minimum Gasteiger partial charge on any atom is -0.381 e. The van der Waals surface area contributed by atoms with Crippen LogP contribution in [0.2, 0.25) is 0 Å². The van der Waals surface area contributed by atoms with Gasteiger partial charge in [0, 0.05) is 38.6 Å². The van der Waals surface area contributed by atoms with E-state index in [1.54, 1.807) is 6.20 Å². The van der Waals surface area contributed by atoms with E-state index in [-0.39, 0.29) is 11.9 Å². The summed E-state index contributed by atoms with van der Waals surface area (Å²) in [6.07, 6.45) is 4.03. The van der Waals surface area contributed by atoms with Gasteiger partial charge in [0.05, 0.1) is 19.1 Å². The first-order valence-electron chi connectivity index (χ1n) is 6.77. The van der Waals surface area contributed by atoms with Crippen LogP contribution in [0.3, 0.4) is 0 Å². The molecule has 1 fully saturated rings. The largest absolute Gasteiger partial charge is 0.381 e. The maximum absolute atomic E-state index is 12.1. The predicted octanol–water partition coefficient (Wildman–Crippen LogP) is 0.651. The number of nitrogens with one attached hydrogen (secondary N) is 1. The molecule has 0 unspecified atom stereocenters. The van der Waals surface area contributed by atoms with Crippen LogP contribution in [0.25, 0.3) is 0 Å². The van der Waals surface area contributed by atoms with Crippen LogP contribution in [-0.2, 0) is 9.53 Å². The molecular formula is C13H22N4O2. The third-order valence-electron chi connectivity index (χ3n) is 3.50. The Labute approximate surface area is 113 Å². The number of aromatic amines is 1. The molecule has 1 saturated heterocycles. The molecule has 1 aliphatic rings. The van der Waals surface area contributed by atoms with E-state index in [1.807, 2.05) is 18.0 Å². The second-order valence-electron chi connectivity index (χ2n) is 4.76. The average molecular weight is 266 g/mol. The number of hydrogen-bond donors (Lipinski definition) is 1. The molecule has 1 N–H and O–H groups in total. The first-order valence-corrected chi connectivity index (χ1v) is 6.77. The maximum Gasteiger partial charge on any atom is 0.224 e. The number of H-pyrrole nitrogens is 1. The van der Waals surface area contributed by atoms with Crippen molar-refractivity contribution in [3.63, 3.8) is 0 Å². The van der Waals surface area contributed by atoms with Crippen molar-refractivity contribution in [3.05, 3.63) is 18.2 Å². The van der Waals surface area contributed by atoms with Gasteiger partial charge in [0.25, 0.3) is 0 Å². The van der Waals surface area contributed by atoms with E-state index < -0.39 is 0 Å². The molecule has 0 bridgehead atoms. The van der Waals surface area contributed by atoms with Gasteiger partial charge in [-0.05, 0) is 14.0 Å². The zero-order chi connectivity index (χ0) is 13.7. The van der Waals surface area contributed by atoms with Crippen molar-refractivity contribution >= 4 is 5.91 Å². The number of likely N-dealkylation sites (N-methyl/N-ethyl adjacent to an activating group) is 1. The molecular weight excluding hydrogens is 244 g/mol. The Bertz CT molecular complexity index is 393. The monoisotopic (exact) mass is 266 g/mol. The molecule has 1 atom stereocenters. The number of rotatable bonds is 5. The molecule has 0 radical (unpaired) electrons. The highest BCUT2D eigenvalue weighted by Gasteiger charge is 2.29. The summed E-state index contributed by atoms with van der Waals surface area (Å²) in [5.74, 6) is 1.09. The average Bonchev–Trinajstić information content (AvgIpc) is 2.93. The van der Waals surface area contributed by atoms with Crippen LogP contribution in [0.1, 0.15) is 25.2 Å². The molecule has 106 valence electrons. The van der Waals surface area contributed by atoms with E-state index in [0.717, 1.165) is 18.9 Å². The van der Waals surface area contributed by atoms with Crippen LogP contribution >= 0.6 is 0 Å². The molecule has 1 aliphatic heterocycles. The number of aromatic nitrogens is 2. The Morgan fingerprint density at radius 3 is 3.11 bits per heavy atom. The van der Waals surface area contributed by atoms with Crippen LogP contribution in [0.15, 0.2) is 12.4 Å². The van der Waals surface area contributed by atoms with Crippen LogP contribution in [0.5, 0.6) is 0 Å². The number of hydrogen-bond acceptors (Lipinski definition) is 4. The van der Waals surface area contributed by atoms with Gasteiger partial charge in [-0.25, -0.2) is 4.98 Å². The van der Waals surface area contributed by atoms with Crippen LogP contribution in [-0.4, -0.2) is 65.6 Å². The minimum absolute atomic E-state index is 0.153. The highest BCUT2D eigenvalue weighted by molar-refractivity contribution is 5.76. The fraction of sp³-hybridized carbons (Fsp3) is 0.692. The Morgan fingerprint density at radius 1 is 1.58 bits per heavy atom. The van der Waals surface area contributed by atoms with E-state index in [2.05, 4.69) is 21.9 Å². The lowest BCUT2D eigenvalue weighted by molar-refractivity contribution is -0.135. The topological polar surface area (TPSA) is 61.5 Å². The van der Waals surface area contributed by atoms with Crippen molar-refractivity contribution in [1.82, 2.24) is 19.8 Å². The summed E-state index contributed by atoms with van der Waals surface area (Å²) in [4.78, 5) is 23.7. The van der Waals surface area contributed by atoms with Gasteiger partial charge >= 0.3 is 0 Å². The van der Waals surface area contributed by atoms with E-state index in [0.29, 0.717) is 26.2 Å². The Morgan fingerprint density at radius 2 is 2.42 bits per heavy atom. The second-order valence-corrected chi connectivity index (χ2v) is 4.76. The summed E-state index contributed by atoms with van der Waals surface area (Å²) < 4.78 is 5.24. The van der Waals surface area contributed by atoms with Crippen molar-refractivity contribution < 1.29 is 9.53 Å². The normalized spacial score (nSPS) is 20.7. The first-order chi connectivity index (χ1) is 9.22. The highest BCUT2D eigenvalue weighted by Crippen LogP contribution is 2.21. The van der Waals surface area contributed by atoms with Crippen LogP contribution < -0.4 is 0 Å². The lowest BCUT2D eigenvalue weighted by Crippen LogP contribution is -2.49. The van der Waals surface area contributed by atoms with Gasteiger partial charge in [-0.3, -0.25) is 9.69 Å². The predicted molar refractivity (Wildman–Crippen MR) is 71.6 cm³/mol. The van der Waals surface area contributed by atoms with E-state index in [4.69, 9.17) is 4.74 Å². The molecule has 0 saturated carbocycles. The molecule has 0 aromatic carbocycles. The standard InChI is InChI=1S/C13H22N4O2/c1-3-19-9-4-12(18)17-8-7-16(2)11(10-17)13-14-5-6-15-13/h5-6,11H,3-4,7-10H2,1-2H3,(H,14,15)/t11-/m0/s1. The molecule has 1 aromatic rings. The maximum atomic E-state index is 12.1. The third-order valence-corrected chi connectivity index (χ3v) is 3.50. The summed E-state index contributed by atoms with van der Waals surface area (Å²) in [6.45, 7) is 5.44. The van der Waals surface area contributed by atoms with Crippen LogP contribution in [0, 0.1) is 0 Å². The van der Waals surface area contributed by atoms with Gasteiger partial charge in [0.15, 0.2) is 0 Å². The van der Waals surface area contributed by atoms with Crippen molar-refractivity contribution in [2.24, 2.45) is 0 Å². The quantitative estimate of drug-likeness (QED) is 0.795. The van der Waals surface area contributed by atoms with Gasteiger partial charge in [-0.2, -0.15) is 0 Å². The zero-order valence-corrected chi connectivity index (χ0v) is 11.6. The summed E-state index contributed by atoms with van der Waals surface area (Å²) in [7, 11) is 2.06. The van der Waals surface area contributed by atoms with Gasteiger partial charge in [0.2, 0.25) is 5.91 Å². The molecule has 19 heavy (non-hydrogen) atoms. The van der Waals surface area contributed by atoms with E-state index >= 15 is 0 Å². The first kappa shape index (κ1) is 14.0. The van der Waals surface area contributed by atoms with Crippen LogP contribution in [0.4, 0.5) is 0 Å². The highest BCUT2D eigenvalue weighted by atomic mass is 16.5. The summed E-state index contributed by atoms with van der Waals surface area (Å²) >= 11 is 0. The molecule has 0 aliphatic carbocycles. The summed E-state index contributed by atoms with van der Waals surface area (Å²) in [5, 5.41) is 0. The van der Waals surface area contributed by atoms with Gasteiger partial charge in [0.1, 0.15) is 5.82 Å². The number of piperazine rings is 1. The SMILES string of the molecule is CCOCCC(=O)N1CCN(C)[C@H](c2ncc[nH]2)C1. The van der Waals surface area contributed by atoms with E-state index in [1.165, 1.54) is 0 Å². The number of nitrogens with zero attached hydrogens (tertiary/aromatic N) is 3. The van der Waals surface area contributed by atoms with Crippen molar-refractivity contribution in [1.29, 1.82) is 0 Å². The summed E-state index contributed by atoms with van der Waals surface area (Å²) in [5.41, 5.74) is 0. The molecule has 1 amide bonds. The Hall–Kier alpha value is -1.40. The Kier molecular flexibility index (Phi) is 4.93. The van der Waals surface area contributed by atoms with Crippen molar-refractivity contribution in [2.75, 3.05) is 39.9 Å². The fourth-order valence-corrected chi connectivity index (χ4v) is 2.32. The van der Waals surface area contributed by atoms with Crippen molar-refractivity contribution in [2.45, 2.75) is 19.4 Å². The van der Waals surface area contributed by atoms with Gasteiger partial charge in [-0.15, -0.1) is 0 Å².